The molecule has 3 aromatic rings. The van der Waals surface area contributed by atoms with Crippen molar-refractivity contribution in [3.8, 4) is 16.9 Å². The third-order valence-corrected chi connectivity index (χ3v) is 9.64. The third kappa shape index (κ3) is 7.45. The second kappa shape index (κ2) is 13.5. The summed E-state index contributed by atoms with van der Waals surface area (Å²) in [6, 6.07) is 9.07. The minimum Gasteiger partial charge on any atom is -0.496 e. The Bertz CT molecular complexity index is 1870. The number of nitrogens with zero attached hydrogens (tertiary/aromatic N) is 1. The first-order valence-corrected chi connectivity index (χ1v) is 16.2. The molecule has 1 aliphatic carbocycles. The van der Waals surface area contributed by atoms with E-state index in [1.54, 1.807) is 13.0 Å². The zero-order valence-electron chi connectivity index (χ0n) is 28.2. The maximum absolute atomic E-state index is 14.5. The summed E-state index contributed by atoms with van der Waals surface area (Å²) in [5.41, 5.74) is 0.150. The molecule has 1 saturated heterocycles. The standard InChI is InChI=1S/C37H36ClF6NO5/c1-19-11-22(13-24(12-19)36(39,40)41)32-20(2)45(34(47)50-32)18-23-17-35(3,4)10-9-25(23)28-15-27(29(37(42,43)44)16-31(28)48-5)26-8-7-21(14-30(26)38)33(46)49-6/h7-8,11-16,20,32H,9-10,17-18H2,1-6H3/t20-,32-/m0/s1. The normalized spacial score (nSPS) is 19.5. The highest BCUT2D eigenvalue weighted by atomic mass is 35.5. The van der Waals surface area contributed by atoms with Crippen LogP contribution in [0.1, 0.15) is 84.3 Å². The number of ether oxygens (including phenoxy) is 3. The van der Waals surface area contributed by atoms with Crippen LogP contribution in [-0.4, -0.2) is 43.8 Å². The Labute approximate surface area is 290 Å². The number of esters is 1. The van der Waals surface area contributed by atoms with Crippen LogP contribution in [0.25, 0.3) is 16.7 Å². The molecule has 2 aliphatic rings. The molecule has 6 nitrogen and oxygen atoms in total. The lowest BCUT2D eigenvalue weighted by molar-refractivity contribution is -0.138. The molecule has 5 rings (SSSR count). The number of alkyl halides is 6. The predicted molar refractivity (Wildman–Crippen MR) is 176 cm³/mol. The summed E-state index contributed by atoms with van der Waals surface area (Å²) in [5.74, 6) is -0.741. The van der Waals surface area contributed by atoms with Crippen molar-refractivity contribution in [3.63, 3.8) is 0 Å². The fourth-order valence-corrected chi connectivity index (χ4v) is 7.10. The number of benzene rings is 3. The van der Waals surface area contributed by atoms with Gasteiger partial charge < -0.3 is 14.2 Å². The van der Waals surface area contributed by atoms with E-state index in [2.05, 4.69) is 0 Å². The van der Waals surface area contributed by atoms with Crippen molar-refractivity contribution in [3.05, 3.63) is 92.5 Å². The van der Waals surface area contributed by atoms with Gasteiger partial charge in [0.25, 0.3) is 0 Å². The summed E-state index contributed by atoms with van der Waals surface area (Å²) in [7, 11) is 2.44. The zero-order valence-corrected chi connectivity index (χ0v) is 29.0. The first-order chi connectivity index (χ1) is 23.2. The van der Waals surface area contributed by atoms with Crippen LogP contribution in [0.3, 0.4) is 0 Å². The summed E-state index contributed by atoms with van der Waals surface area (Å²) in [6.45, 7) is 7.34. The van der Waals surface area contributed by atoms with Crippen LogP contribution in [0.2, 0.25) is 5.02 Å². The van der Waals surface area contributed by atoms with Crippen molar-refractivity contribution in [1.82, 2.24) is 4.90 Å². The number of carbonyl (C=O) groups is 2. The molecule has 1 fully saturated rings. The van der Waals surface area contributed by atoms with Gasteiger partial charge in [0, 0.05) is 22.7 Å². The Hall–Kier alpha value is -4.19. The monoisotopic (exact) mass is 723 g/mol. The van der Waals surface area contributed by atoms with E-state index in [1.807, 2.05) is 13.8 Å². The van der Waals surface area contributed by atoms with Crippen LogP contribution in [-0.2, 0) is 21.8 Å². The van der Waals surface area contributed by atoms with E-state index in [4.69, 9.17) is 25.8 Å². The number of aryl methyl sites for hydroxylation is 1. The van der Waals surface area contributed by atoms with Gasteiger partial charge in [0.1, 0.15) is 11.9 Å². The molecule has 1 heterocycles. The maximum atomic E-state index is 14.5. The number of methoxy groups -OCH3 is 2. The van der Waals surface area contributed by atoms with Crippen LogP contribution >= 0.6 is 11.6 Å². The Morgan fingerprint density at radius 2 is 1.68 bits per heavy atom. The van der Waals surface area contributed by atoms with Crippen molar-refractivity contribution in [2.45, 2.75) is 71.5 Å². The van der Waals surface area contributed by atoms with Gasteiger partial charge >= 0.3 is 24.4 Å². The molecule has 0 bridgehead atoms. The van der Waals surface area contributed by atoms with Gasteiger partial charge in [-0.1, -0.05) is 43.1 Å². The lowest BCUT2D eigenvalue weighted by atomic mass is 9.72. The SMILES string of the molecule is COC(=O)c1ccc(-c2cc(C3=C(CN4C(=O)O[C@H](c5cc(C)cc(C(F)(F)F)c5)[C@@H]4C)CC(C)(C)CC3)c(OC)cc2C(F)(F)F)c(Cl)c1. The molecular formula is C37H36ClF6NO5. The van der Waals surface area contributed by atoms with Crippen LogP contribution in [0.15, 0.2) is 54.1 Å². The number of hydrogen-bond donors (Lipinski definition) is 0. The van der Waals surface area contributed by atoms with Crippen LogP contribution in [0.4, 0.5) is 31.1 Å². The first kappa shape index (κ1) is 37.1. The number of carbonyl (C=O) groups excluding carboxylic acids is 2. The highest BCUT2D eigenvalue weighted by molar-refractivity contribution is 6.33. The average Bonchev–Trinajstić information content (AvgIpc) is 3.31. The molecule has 0 N–H and O–H groups in total. The molecule has 1 aliphatic heterocycles. The Kier molecular flexibility index (Phi) is 10.0. The van der Waals surface area contributed by atoms with Gasteiger partial charge in [0.15, 0.2) is 0 Å². The average molecular weight is 724 g/mol. The van der Waals surface area contributed by atoms with Gasteiger partial charge in [0.2, 0.25) is 0 Å². The zero-order chi connectivity index (χ0) is 36.9. The molecule has 13 heteroatoms. The predicted octanol–water partition coefficient (Wildman–Crippen LogP) is 10.7. The van der Waals surface area contributed by atoms with E-state index in [9.17, 15) is 35.9 Å². The molecule has 0 radical (unpaired) electrons. The van der Waals surface area contributed by atoms with E-state index >= 15 is 0 Å². The lowest BCUT2D eigenvalue weighted by Crippen LogP contribution is -2.35. The fourth-order valence-electron chi connectivity index (χ4n) is 6.82. The minimum absolute atomic E-state index is 0.0291. The summed E-state index contributed by atoms with van der Waals surface area (Å²) >= 11 is 6.48. The highest BCUT2D eigenvalue weighted by Gasteiger charge is 2.43. The summed E-state index contributed by atoms with van der Waals surface area (Å²) in [6.07, 6.45) is -9.51. The number of cyclic esters (lactones) is 1. The van der Waals surface area contributed by atoms with E-state index in [0.29, 0.717) is 36.0 Å². The Balaban J connectivity index is 1.62. The van der Waals surface area contributed by atoms with E-state index < -0.39 is 47.7 Å². The van der Waals surface area contributed by atoms with Crippen LogP contribution < -0.4 is 4.74 Å². The molecule has 1 amide bonds. The second-order valence-corrected chi connectivity index (χ2v) is 13.9. The topological polar surface area (TPSA) is 65.1 Å². The Morgan fingerprint density at radius 3 is 2.28 bits per heavy atom. The third-order valence-electron chi connectivity index (χ3n) is 9.33. The van der Waals surface area contributed by atoms with E-state index in [-0.39, 0.29) is 45.0 Å². The molecule has 0 saturated carbocycles. The summed E-state index contributed by atoms with van der Waals surface area (Å²) < 4.78 is 100. The highest BCUT2D eigenvalue weighted by Crippen LogP contribution is 2.49. The van der Waals surface area contributed by atoms with E-state index in [0.717, 1.165) is 23.8 Å². The minimum atomic E-state index is -4.80. The van der Waals surface area contributed by atoms with Crippen molar-refractivity contribution in [2.75, 3.05) is 20.8 Å². The molecule has 2 atom stereocenters. The fraction of sp³-hybridized carbons (Fsp3) is 0.405. The number of allylic oxidation sites excluding steroid dienone is 1. The number of amides is 1. The summed E-state index contributed by atoms with van der Waals surface area (Å²) in [4.78, 5) is 26.8. The van der Waals surface area contributed by atoms with Gasteiger partial charge in [-0.15, -0.1) is 0 Å². The Morgan fingerprint density at radius 1 is 0.980 bits per heavy atom. The van der Waals surface area contributed by atoms with Gasteiger partial charge in [-0.2, -0.15) is 26.3 Å². The van der Waals surface area contributed by atoms with Crippen LogP contribution in [0, 0.1) is 12.3 Å². The van der Waals surface area contributed by atoms with Crippen molar-refractivity contribution in [2.24, 2.45) is 5.41 Å². The van der Waals surface area contributed by atoms with Crippen molar-refractivity contribution >= 4 is 29.2 Å². The second-order valence-electron chi connectivity index (χ2n) is 13.5. The van der Waals surface area contributed by atoms with Crippen LogP contribution in [0.5, 0.6) is 5.75 Å². The van der Waals surface area contributed by atoms with Crippen molar-refractivity contribution in [1.29, 1.82) is 0 Å². The largest absolute Gasteiger partial charge is 0.496 e. The number of halogens is 7. The first-order valence-electron chi connectivity index (χ1n) is 15.8. The van der Waals surface area contributed by atoms with Gasteiger partial charge in [-0.25, -0.2) is 9.59 Å². The number of rotatable bonds is 7. The smallest absolute Gasteiger partial charge is 0.417 e. The molecule has 0 aromatic heterocycles. The summed E-state index contributed by atoms with van der Waals surface area (Å²) in [5, 5.41) is -0.0991. The molecule has 0 unspecified atom stereocenters. The molecule has 3 aromatic carbocycles. The van der Waals surface area contributed by atoms with Gasteiger partial charge in [-0.3, -0.25) is 4.90 Å². The lowest BCUT2D eigenvalue weighted by Gasteiger charge is -2.36. The van der Waals surface area contributed by atoms with Gasteiger partial charge in [0.05, 0.1) is 37.0 Å². The maximum Gasteiger partial charge on any atom is 0.417 e. The molecular weight excluding hydrogens is 688 g/mol. The molecule has 268 valence electrons. The molecule has 50 heavy (non-hydrogen) atoms. The van der Waals surface area contributed by atoms with Crippen molar-refractivity contribution < 1.29 is 50.1 Å². The molecule has 0 spiro atoms. The van der Waals surface area contributed by atoms with E-state index in [1.165, 1.54) is 50.3 Å². The quantitative estimate of drug-likeness (QED) is 0.179. The number of hydrogen-bond acceptors (Lipinski definition) is 5. The van der Waals surface area contributed by atoms with Gasteiger partial charge in [-0.05, 0) is 97.2 Å².